The quantitative estimate of drug-likeness (QED) is 0.626. The smallest absolute Gasteiger partial charge is 0.164 e. The van der Waals surface area contributed by atoms with Crippen LogP contribution in [-0.4, -0.2) is 23.2 Å². The van der Waals surface area contributed by atoms with E-state index in [4.69, 9.17) is 0 Å². The van der Waals surface area contributed by atoms with Crippen LogP contribution in [0.1, 0.15) is 6.42 Å². The summed E-state index contributed by atoms with van der Waals surface area (Å²) in [6, 6.07) is 0. The summed E-state index contributed by atoms with van der Waals surface area (Å²) in [4.78, 5) is 0.0995. The number of hydrogen-bond donors (Lipinski definition) is 0. The highest BCUT2D eigenvalue weighted by molar-refractivity contribution is 9.13. The molecular weight excluding hydrogens is 272 g/mol. The molecule has 0 aromatic carbocycles. The van der Waals surface area contributed by atoms with E-state index < -0.39 is 9.84 Å². The summed E-state index contributed by atoms with van der Waals surface area (Å²) in [7, 11) is -2.80. The van der Waals surface area contributed by atoms with Gasteiger partial charge in [-0.15, -0.1) is 0 Å². The number of alkyl halides is 2. The molecule has 0 saturated carbocycles. The summed E-state index contributed by atoms with van der Waals surface area (Å²) in [5, 5.41) is 0. The predicted molar refractivity (Wildman–Crippen MR) is 43.8 cm³/mol. The molecule has 1 fully saturated rings. The summed E-state index contributed by atoms with van der Waals surface area (Å²) in [5.74, 6) is 0.304. The Hall–Kier alpha value is 0.910. The third-order valence-corrected chi connectivity index (χ3v) is 7.52. The van der Waals surface area contributed by atoms with Gasteiger partial charge >= 0.3 is 0 Å². The number of sulfone groups is 1. The van der Waals surface area contributed by atoms with Crippen LogP contribution >= 0.6 is 31.9 Å². The molecule has 0 aliphatic carbocycles. The average molecular weight is 278 g/mol. The van der Waals surface area contributed by atoms with Gasteiger partial charge in [0.2, 0.25) is 0 Å². The van der Waals surface area contributed by atoms with E-state index in [1.54, 1.807) is 0 Å². The van der Waals surface area contributed by atoms with Crippen molar-refractivity contribution in [2.75, 3.05) is 5.75 Å². The molecule has 9 heavy (non-hydrogen) atoms. The normalized spacial score (nSPS) is 41.1. The Morgan fingerprint density at radius 2 is 1.89 bits per heavy atom. The van der Waals surface area contributed by atoms with E-state index >= 15 is 0 Å². The van der Waals surface area contributed by atoms with E-state index in [2.05, 4.69) is 31.9 Å². The van der Waals surface area contributed by atoms with Gasteiger partial charge in [0.05, 0.1) is 5.75 Å². The van der Waals surface area contributed by atoms with Crippen molar-refractivity contribution in [2.24, 2.45) is 0 Å². The Morgan fingerprint density at radius 3 is 2.00 bits per heavy atom. The van der Waals surface area contributed by atoms with E-state index in [-0.39, 0.29) is 8.99 Å². The van der Waals surface area contributed by atoms with Crippen LogP contribution in [0.25, 0.3) is 0 Å². The van der Waals surface area contributed by atoms with Gasteiger partial charge in [-0.3, -0.25) is 0 Å². The molecule has 2 atom stereocenters. The SMILES string of the molecule is O=S1(=O)CC[C@H](Br)[C@@H]1Br. The Bertz CT molecular complexity index is 199. The lowest BCUT2D eigenvalue weighted by molar-refractivity contribution is 0.601. The molecule has 1 saturated heterocycles. The summed E-state index contributed by atoms with van der Waals surface area (Å²) < 4.78 is 21.4. The summed E-state index contributed by atoms with van der Waals surface area (Å²) in [6.45, 7) is 0. The van der Waals surface area contributed by atoms with Crippen LogP contribution in [0.5, 0.6) is 0 Å². The van der Waals surface area contributed by atoms with Gasteiger partial charge in [0.15, 0.2) is 9.84 Å². The fourth-order valence-corrected chi connectivity index (χ4v) is 4.48. The topological polar surface area (TPSA) is 34.1 Å². The summed E-state index contributed by atoms with van der Waals surface area (Å²) in [6.07, 6.45) is 0.720. The second kappa shape index (κ2) is 2.51. The summed E-state index contributed by atoms with van der Waals surface area (Å²) >= 11 is 6.34. The van der Waals surface area contributed by atoms with Crippen molar-refractivity contribution in [1.82, 2.24) is 0 Å². The Balaban J connectivity index is 2.87. The van der Waals surface area contributed by atoms with Crippen LogP contribution in [0.3, 0.4) is 0 Å². The van der Waals surface area contributed by atoms with Crippen LogP contribution in [0.4, 0.5) is 0 Å². The molecule has 0 radical (unpaired) electrons. The standard InChI is InChI=1S/C4H6Br2O2S/c5-3-1-2-9(7,8)4(3)6/h3-4H,1-2H2/t3-,4+/m0/s1. The largest absolute Gasteiger partial charge is 0.228 e. The maximum Gasteiger partial charge on any atom is 0.164 e. The van der Waals surface area contributed by atoms with E-state index in [0.29, 0.717) is 5.75 Å². The van der Waals surface area contributed by atoms with Gasteiger partial charge in [-0.25, -0.2) is 8.42 Å². The van der Waals surface area contributed by atoms with Crippen LogP contribution in [0.15, 0.2) is 0 Å². The third kappa shape index (κ3) is 1.49. The highest BCUT2D eigenvalue weighted by Crippen LogP contribution is 2.30. The van der Waals surface area contributed by atoms with Crippen LogP contribution in [0.2, 0.25) is 0 Å². The minimum atomic E-state index is -2.80. The number of rotatable bonds is 0. The fourth-order valence-electron chi connectivity index (χ4n) is 0.745. The van der Waals surface area contributed by atoms with Crippen LogP contribution < -0.4 is 0 Å². The van der Waals surface area contributed by atoms with Crippen LogP contribution in [0, 0.1) is 0 Å². The first kappa shape index (κ1) is 8.01. The van der Waals surface area contributed by atoms with Crippen molar-refractivity contribution >= 4 is 41.7 Å². The Labute approximate surface area is 71.2 Å². The minimum Gasteiger partial charge on any atom is -0.228 e. The fraction of sp³-hybridized carbons (Fsp3) is 1.00. The average Bonchev–Trinajstić information content (AvgIpc) is 1.97. The molecule has 1 heterocycles. The van der Waals surface area contributed by atoms with Gasteiger partial charge in [-0.1, -0.05) is 31.9 Å². The molecule has 1 aliphatic heterocycles. The van der Waals surface area contributed by atoms with Gasteiger partial charge in [0, 0.05) is 4.83 Å². The second-order valence-electron chi connectivity index (χ2n) is 2.02. The predicted octanol–water partition coefficient (Wildman–Crippen LogP) is 1.29. The summed E-state index contributed by atoms with van der Waals surface area (Å²) in [5.41, 5.74) is 0. The second-order valence-corrected chi connectivity index (χ2v) is 7.03. The van der Waals surface area contributed by atoms with E-state index in [0.717, 1.165) is 6.42 Å². The molecule has 1 rings (SSSR count). The van der Waals surface area contributed by atoms with Gasteiger partial charge in [-0.2, -0.15) is 0 Å². The number of hydrogen-bond acceptors (Lipinski definition) is 2. The molecule has 0 aromatic heterocycles. The molecule has 0 amide bonds. The zero-order chi connectivity index (χ0) is 7.07. The Morgan fingerprint density at radius 1 is 1.33 bits per heavy atom. The van der Waals surface area contributed by atoms with Gasteiger partial charge < -0.3 is 0 Å². The van der Waals surface area contributed by atoms with E-state index in [9.17, 15) is 8.42 Å². The van der Waals surface area contributed by atoms with Crippen molar-refractivity contribution in [3.63, 3.8) is 0 Å². The van der Waals surface area contributed by atoms with Gasteiger partial charge in [0.1, 0.15) is 4.16 Å². The Kier molecular flexibility index (Phi) is 2.23. The lowest BCUT2D eigenvalue weighted by Gasteiger charge is -2.01. The van der Waals surface area contributed by atoms with Gasteiger partial charge in [0.25, 0.3) is 0 Å². The number of halogens is 2. The van der Waals surface area contributed by atoms with Crippen LogP contribution in [-0.2, 0) is 9.84 Å². The first-order chi connectivity index (χ1) is 4.04. The molecular formula is C4H6Br2O2S. The lowest BCUT2D eigenvalue weighted by atomic mass is 10.4. The molecule has 0 N–H and O–H groups in total. The molecule has 1 aliphatic rings. The van der Waals surface area contributed by atoms with Crippen molar-refractivity contribution in [1.29, 1.82) is 0 Å². The maximum atomic E-state index is 10.9. The molecule has 5 heteroatoms. The van der Waals surface area contributed by atoms with Crippen molar-refractivity contribution < 1.29 is 8.42 Å². The zero-order valence-electron chi connectivity index (χ0n) is 4.55. The van der Waals surface area contributed by atoms with Crippen molar-refractivity contribution in [2.45, 2.75) is 15.4 Å². The molecule has 0 bridgehead atoms. The molecule has 0 spiro atoms. The first-order valence-electron chi connectivity index (χ1n) is 2.54. The first-order valence-corrected chi connectivity index (χ1v) is 6.08. The van der Waals surface area contributed by atoms with Crippen molar-refractivity contribution in [3.05, 3.63) is 0 Å². The third-order valence-electron chi connectivity index (χ3n) is 1.31. The molecule has 54 valence electrons. The highest BCUT2D eigenvalue weighted by atomic mass is 79.9. The molecule has 0 aromatic rings. The molecule has 0 unspecified atom stereocenters. The van der Waals surface area contributed by atoms with E-state index in [1.165, 1.54) is 0 Å². The zero-order valence-corrected chi connectivity index (χ0v) is 8.54. The monoisotopic (exact) mass is 276 g/mol. The maximum absolute atomic E-state index is 10.9. The highest BCUT2D eigenvalue weighted by Gasteiger charge is 2.36. The lowest BCUT2D eigenvalue weighted by Crippen LogP contribution is -2.13. The molecule has 2 nitrogen and oxygen atoms in total. The van der Waals surface area contributed by atoms with E-state index in [1.807, 2.05) is 0 Å². The minimum absolute atomic E-state index is 0.0995. The van der Waals surface area contributed by atoms with Crippen molar-refractivity contribution in [3.8, 4) is 0 Å². The van der Waals surface area contributed by atoms with Gasteiger partial charge in [-0.05, 0) is 6.42 Å².